The monoisotopic (exact) mass is 422 g/mol. The molecule has 0 amide bonds. The van der Waals surface area contributed by atoms with Crippen LogP contribution < -0.4 is 4.90 Å². The van der Waals surface area contributed by atoms with Crippen LogP contribution in [-0.4, -0.2) is 34.1 Å². The maximum atomic E-state index is 12.6. The lowest BCUT2D eigenvalue weighted by Gasteiger charge is -2.24. The third kappa shape index (κ3) is 4.26. The molecule has 0 unspecified atom stereocenters. The number of imidazole rings is 1. The van der Waals surface area contributed by atoms with E-state index >= 15 is 0 Å². The third-order valence-electron chi connectivity index (χ3n) is 4.71. The van der Waals surface area contributed by atoms with Gasteiger partial charge >= 0.3 is 0 Å². The lowest BCUT2D eigenvalue weighted by molar-refractivity contribution is 0.461. The van der Waals surface area contributed by atoms with E-state index in [0.717, 1.165) is 60.8 Å². The molecule has 28 heavy (non-hydrogen) atoms. The molecule has 150 valence electrons. The molecule has 3 rings (SSSR count). The maximum absolute atomic E-state index is 12.6. The summed E-state index contributed by atoms with van der Waals surface area (Å²) in [5.41, 5.74) is 3.30. The molecule has 4 nitrogen and oxygen atoms in total. The molecule has 1 aromatic carbocycles. The number of unbranched alkanes of at least 4 members (excludes halogenated alkanes) is 1. The highest BCUT2D eigenvalue weighted by atomic mass is 35.5. The van der Waals surface area contributed by atoms with Gasteiger partial charge in [0, 0.05) is 36.1 Å². The van der Waals surface area contributed by atoms with Crippen LogP contribution in [-0.2, 0) is 6.42 Å². The Hall–Kier alpha value is -1.85. The van der Waals surface area contributed by atoms with E-state index in [2.05, 4.69) is 28.1 Å². The van der Waals surface area contributed by atoms with E-state index in [-0.39, 0.29) is 6.67 Å². The fraction of sp³-hybridized carbons (Fsp3) is 0.429. The molecule has 0 aliphatic rings. The van der Waals surface area contributed by atoms with Crippen molar-refractivity contribution in [2.45, 2.75) is 39.5 Å². The Labute approximate surface area is 175 Å². The first-order chi connectivity index (χ1) is 13.6. The molecule has 0 radical (unpaired) electrons. The maximum Gasteiger partial charge on any atom is 0.165 e. The fourth-order valence-corrected chi connectivity index (χ4v) is 3.94. The fourth-order valence-electron chi connectivity index (χ4n) is 3.45. The quantitative estimate of drug-likeness (QED) is 0.383. The molecule has 0 saturated heterocycles. The van der Waals surface area contributed by atoms with Gasteiger partial charge in [0.05, 0.1) is 17.4 Å². The molecule has 0 bridgehead atoms. The number of aromatic nitrogens is 3. The minimum Gasteiger partial charge on any atom is -0.356 e. The number of nitrogens with zero attached hydrogens (tertiary/aromatic N) is 4. The number of halogens is 3. The average molecular weight is 423 g/mol. The van der Waals surface area contributed by atoms with Crippen LogP contribution in [0.5, 0.6) is 0 Å². The van der Waals surface area contributed by atoms with Gasteiger partial charge in [0.25, 0.3) is 0 Å². The summed E-state index contributed by atoms with van der Waals surface area (Å²) in [7, 11) is 0. The third-order valence-corrected chi connectivity index (χ3v) is 5.26. The Morgan fingerprint density at radius 2 is 1.96 bits per heavy atom. The molecule has 0 aliphatic carbocycles. The Balaban J connectivity index is 2.13. The van der Waals surface area contributed by atoms with Gasteiger partial charge in [0.2, 0.25) is 0 Å². The van der Waals surface area contributed by atoms with Crippen LogP contribution >= 0.6 is 23.2 Å². The molecular formula is C21H25Cl2FN4. The van der Waals surface area contributed by atoms with Crippen LogP contribution in [0.1, 0.15) is 38.8 Å². The first-order valence-electron chi connectivity index (χ1n) is 9.72. The summed E-state index contributed by atoms with van der Waals surface area (Å²) in [6.07, 6.45) is 6.89. The van der Waals surface area contributed by atoms with Crippen LogP contribution in [0.4, 0.5) is 10.2 Å². The first kappa shape index (κ1) is 20.9. The van der Waals surface area contributed by atoms with Gasteiger partial charge in [-0.05, 0) is 43.9 Å². The van der Waals surface area contributed by atoms with E-state index < -0.39 is 0 Å². The average Bonchev–Trinajstić information content (AvgIpc) is 3.06. The molecule has 0 fully saturated rings. The van der Waals surface area contributed by atoms with Crippen molar-refractivity contribution >= 4 is 34.7 Å². The van der Waals surface area contributed by atoms with Crippen molar-refractivity contribution in [3.8, 4) is 11.3 Å². The van der Waals surface area contributed by atoms with Gasteiger partial charge in [-0.3, -0.25) is 13.8 Å². The second-order valence-corrected chi connectivity index (χ2v) is 7.56. The van der Waals surface area contributed by atoms with Crippen LogP contribution in [0.2, 0.25) is 10.0 Å². The van der Waals surface area contributed by atoms with Gasteiger partial charge in [-0.25, -0.2) is 4.98 Å². The van der Waals surface area contributed by atoms with Crippen molar-refractivity contribution in [1.82, 2.24) is 14.4 Å². The lowest BCUT2D eigenvalue weighted by atomic mass is 10.1. The molecule has 0 spiro atoms. The number of fused-ring (bicyclic) bond motifs is 1. The van der Waals surface area contributed by atoms with Crippen molar-refractivity contribution in [2.75, 3.05) is 24.7 Å². The minimum atomic E-state index is -0.281. The van der Waals surface area contributed by atoms with E-state index in [4.69, 9.17) is 28.2 Å². The van der Waals surface area contributed by atoms with Gasteiger partial charge in [0.15, 0.2) is 5.65 Å². The second-order valence-electron chi connectivity index (χ2n) is 6.71. The second kappa shape index (κ2) is 9.57. The van der Waals surface area contributed by atoms with E-state index in [0.29, 0.717) is 16.5 Å². The Kier molecular flexibility index (Phi) is 7.13. The standard InChI is InChI=1S/C21H25Cl2FN4/c1-3-11-27(12-6-5-9-24)21-18(4-2)26-20-19(25-10-13-28(20)21)16-8-7-15(22)14-17(16)23/h7-8,10,13-14H,3-6,9,11-12H2,1-2H3. The van der Waals surface area contributed by atoms with E-state index in [9.17, 15) is 4.39 Å². The zero-order valence-corrected chi connectivity index (χ0v) is 17.8. The molecule has 0 atom stereocenters. The molecule has 3 aromatic rings. The summed E-state index contributed by atoms with van der Waals surface area (Å²) in [5.74, 6) is 1.06. The number of alkyl halides is 1. The number of benzene rings is 1. The van der Waals surface area contributed by atoms with E-state index in [1.54, 1.807) is 18.3 Å². The largest absolute Gasteiger partial charge is 0.356 e. The molecular weight excluding hydrogens is 398 g/mol. The summed E-state index contributed by atoms with van der Waals surface area (Å²) in [5, 5.41) is 1.13. The number of hydrogen-bond acceptors (Lipinski definition) is 3. The van der Waals surface area contributed by atoms with Crippen LogP contribution in [0, 0.1) is 0 Å². The van der Waals surface area contributed by atoms with Crippen LogP contribution in [0.25, 0.3) is 16.9 Å². The predicted molar refractivity (Wildman–Crippen MR) is 116 cm³/mol. The van der Waals surface area contributed by atoms with Gasteiger partial charge in [-0.1, -0.05) is 37.0 Å². The number of hydrogen-bond donors (Lipinski definition) is 0. The predicted octanol–water partition coefficient (Wildman–Crippen LogP) is 6.23. The topological polar surface area (TPSA) is 33.4 Å². The summed E-state index contributed by atoms with van der Waals surface area (Å²) < 4.78 is 14.7. The number of anilines is 1. The van der Waals surface area contributed by atoms with E-state index in [1.165, 1.54) is 0 Å². The van der Waals surface area contributed by atoms with Gasteiger partial charge in [-0.2, -0.15) is 0 Å². The normalized spacial score (nSPS) is 11.3. The van der Waals surface area contributed by atoms with Crippen molar-refractivity contribution in [3.05, 3.63) is 46.3 Å². The van der Waals surface area contributed by atoms with Crippen molar-refractivity contribution in [2.24, 2.45) is 0 Å². The smallest absolute Gasteiger partial charge is 0.165 e. The molecule has 2 aromatic heterocycles. The van der Waals surface area contributed by atoms with Crippen molar-refractivity contribution < 1.29 is 4.39 Å². The lowest BCUT2D eigenvalue weighted by Crippen LogP contribution is -2.27. The minimum absolute atomic E-state index is 0.281. The highest BCUT2D eigenvalue weighted by molar-refractivity contribution is 6.36. The Bertz CT molecular complexity index is 942. The Morgan fingerprint density at radius 3 is 2.64 bits per heavy atom. The first-order valence-corrected chi connectivity index (χ1v) is 10.5. The van der Waals surface area contributed by atoms with Gasteiger partial charge < -0.3 is 4.90 Å². The zero-order chi connectivity index (χ0) is 20.1. The number of rotatable bonds is 9. The SMILES string of the molecule is CCCN(CCCCF)c1c(CC)nc2c(-c3ccc(Cl)cc3Cl)nccn12. The van der Waals surface area contributed by atoms with E-state index in [1.807, 2.05) is 12.3 Å². The molecule has 0 aliphatic heterocycles. The van der Waals surface area contributed by atoms with Crippen LogP contribution in [0.15, 0.2) is 30.6 Å². The zero-order valence-electron chi connectivity index (χ0n) is 16.3. The molecule has 0 N–H and O–H groups in total. The summed E-state index contributed by atoms with van der Waals surface area (Å²) >= 11 is 12.5. The van der Waals surface area contributed by atoms with Crippen molar-refractivity contribution in [3.63, 3.8) is 0 Å². The summed E-state index contributed by atoms with van der Waals surface area (Å²) in [6, 6.07) is 5.39. The van der Waals surface area contributed by atoms with Crippen molar-refractivity contribution in [1.29, 1.82) is 0 Å². The highest BCUT2D eigenvalue weighted by Gasteiger charge is 2.20. The summed E-state index contributed by atoms with van der Waals surface area (Å²) in [6.45, 7) is 5.66. The molecule has 7 heteroatoms. The Morgan fingerprint density at radius 1 is 1.14 bits per heavy atom. The summed E-state index contributed by atoms with van der Waals surface area (Å²) in [4.78, 5) is 11.8. The van der Waals surface area contributed by atoms with Crippen LogP contribution in [0.3, 0.4) is 0 Å². The highest BCUT2D eigenvalue weighted by Crippen LogP contribution is 2.34. The molecule has 0 saturated carbocycles. The van der Waals surface area contributed by atoms with Gasteiger partial charge in [0.1, 0.15) is 11.5 Å². The number of aryl methyl sites for hydroxylation is 1. The molecule has 2 heterocycles. The van der Waals surface area contributed by atoms with Gasteiger partial charge in [-0.15, -0.1) is 0 Å².